The number of halogens is 1. The number of carbonyl (C=O) groups is 1. The van der Waals surface area contributed by atoms with E-state index in [1.165, 1.54) is 23.5 Å². The van der Waals surface area contributed by atoms with Gasteiger partial charge >= 0.3 is 0 Å². The summed E-state index contributed by atoms with van der Waals surface area (Å²) in [6, 6.07) is 8.02. The summed E-state index contributed by atoms with van der Waals surface area (Å²) in [5, 5.41) is 4.51. The van der Waals surface area contributed by atoms with E-state index in [0.29, 0.717) is 23.0 Å². The van der Waals surface area contributed by atoms with E-state index in [-0.39, 0.29) is 5.78 Å². The Morgan fingerprint density at radius 2 is 2.16 bits per heavy atom. The lowest BCUT2D eigenvalue weighted by molar-refractivity contribution is 0.101. The van der Waals surface area contributed by atoms with E-state index in [9.17, 15) is 4.79 Å². The number of hydrogen-bond acceptors (Lipinski definition) is 3. The molecule has 0 N–H and O–H groups in total. The molecule has 0 unspecified atom stereocenters. The Bertz CT molecular complexity index is 595. The lowest BCUT2D eigenvalue weighted by atomic mass is 10.2. The van der Waals surface area contributed by atoms with Crippen LogP contribution in [0.1, 0.15) is 23.0 Å². The number of thioether (sulfide) groups is 1. The molecule has 19 heavy (non-hydrogen) atoms. The molecule has 0 amide bonds. The average molecular weight is 295 g/mol. The third kappa shape index (κ3) is 3.19. The number of hydrogen-bond donors (Lipinski definition) is 0. The molecule has 0 saturated carbocycles. The van der Waals surface area contributed by atoms with Crippen molar-refractivity contribution in [2.75, 3.05) is 5.75 Å². The Hall–Kier alpha value is -1.26. The molecule has 1 aromatic carbocycles. The van der Waals surface area contributed by atoms with Crippen molar-refractivity contribution >= 4 is 29.1 Å². The van der Waals surface area contributed by atoms with Crippen LogP contribution in [0.2, 0.25) is 5.02 Å². The van der Waals surface area contributed by atoms with Crippen molar-refractivity contribution in [3.63, 3.8) is 0 Å². The van der Waals surface area contributed by atoms with Gasteiger partial charge in [-0.15, -0.1) is 11.8 Å². The van der Waals surface area contributed by atoms with Gasteiger partial charge in [-0.05, 0) is 25.5 Å². The van der Waals surface area contributed by atoms with E-state index in [2.05, 4.69) is 5.10 Å². The standard InChI is InChI=1S/C14H15ClN2OS/c1-3-17-14(11(15)8-16-17)12(18)9-19-13-7-5-4-6-10(13)2/h4-8H,3,9H2,1-2H3. The average Bonchev–Trinajstić information content (AvgIpc) is 2.78. The Labute approximate surface area is 122 Å². The summed E-state index contributed by atoms with van der Waals surface area (Å²) >= 11 is 7.55. The Morgan fingerprint density at radius 3 is 2.84 bits per heavy atom. The maximum Gasteiger partial charge on any atom is 0.192 e. The molecule has 0 bridgehead atoms. The summed E-state index contributed by atoms with van der Waals surface area (Å²) in [5.74, 6) is 0.383. The third-order valence-electron chi connectivity index (χ3n) is 2.81. The molecule has 0 fully saturated rings. The van der Waals surface area contributed by atoms with Crippen LogP contribution in [-0.4, -0.2) is 21.3 Å². The van der Waals surface area contributed by atoms with Crippen LogP contribution < -0.4 is 0 Å². The summed E-state index contributed by atoms with van der Waals surface area (Å²) in [4.78, 5) is 13.3. The first-order chi connectivity index (χ1) is 9.13. The van der Waals surface area contributed by atoms with Crippen LogP contribution in [0.5, 0.6) is 0 Å². The van der Waals surface area contributed by atoms with Gasteiger partial charge < -0.3 is 0 Å². The molecule has 0 aliphatic heterocycles. The van der Waals surface area contributed by atoms with Crippen molar-refractivity contribution in [2.45, 2.75) is 25.3 Å². The highest BCUT2D eigenvalue weighted by Gasteiger charge is 2.17. The van der Waals surface area contributed by atoms with E-state index in [1.807, 2.05) is 38.1 Å². The molecule has 1 aromatic heterocycles. The first-order valence-electron chi connectivity index (χ1n) is 6.06. The Kier molecular flexibility index (Phi) is 4.66. The number of Topliss-reactive ketones (excluding diaryl/α,β-unsaturated/α-hetero) is 1. The number of carbonyl (C=O) groups excluding carboxylic acids is 1. The van der Waals surface area contributed by atoms with Crippen LogP contribution >= 0.6 is 23.4 Å². The van der Waals surface area contributed by atoms with Crippen LogP contribution in [0.3, 0.4) is 0 Å². The highest BCUT2D eigenvalue weighted by Crippen LogP contribution is 2.24. The molecule has 0 spiro atoms. The fraction of sp³-hybridized carbons (Fsp3) is 0.286. The number of aromatic nitrogens is 2. The van der Waals surface area contributed by atoms with E-state index >= 15 is 0 Å². The van der Waals surface area contributed by atoms with Gasteiger partial charge in [0.15, 0.2) is 5.78 Å². The largest absolute Gasteiger partial charge is 0.291 e. The molecule has 5 heteroatoms. The Morgan fingerprint density at radius 1 is 1.42 bits per heavy atom. The third-order valence-corrected chi connectivity index (χ3v) is 4.26. The molecule has 100 valence electrons. The fourth-order valence-electron chi connectivity index (χ4n) is 1.81. The van der Waals surface area contributed by atoms with Gasteiger partial charge in [-0.2, -0.15) is 5.10 Å². The minimum absolute atomic E-state index is 0.0117. The SMILES string of the molecule is CCn1ncc(Cl)c1C(=O)CSc1ccccc1C. The number of nitrogens with zero attached hydrogens (tertiary/aromatic N) is 2. The minimum atomic E-state index is 0.0117. The summed E-state index contributed by atoms with van der Waals surface area (Å²) in [6.07, 6.45) is 1.52. The van der Waals surface area contributed by atoms with Crippen molar-refractivity contribution < 1.29 is 4.79 Å². The predicted octanol–water partition coefficient (Wildman–Crippen LogP) is 3.84. The van der Waals surface area contributed by atoms with Gasteiger partial charge in [0.2, 0.25) is 0 Å². The first-order valence-corrected chi connectivity index (χ1v) is 7.42. The van der Waals surface area contributed by atoms with E-state index in [0.717, 1.165) is 4.90 Å². The quantitative estimate of drug-likeness (QED) is 0.621. The smallest absolute Gasteiger partial charge is 0.192 e. The molecule has 0 aliphatic rings. The number of benzene rings is 1. The summed E-state index contributed by atoms with van der Waals surface area (Å²) in [6.45, 7) is 4.62. The molecule has 3 nitrogen and oxygen atoms in total. The van der Waals surface area contributed by atoms with E-state index < -0.39 is 0 Å². The number of aryl methyl sites for hydroxylation is 2. The molecule has 0 saturated heterocycles. The highest BCUT2D eigenvalue weighted by atomic mass is 35.5. The first kappa shape index (κ1) is 14.2. The summed E-state index contributed by atoms with van der Waals surface area (Å²) in [5.41, 5.74) is 1.68. The topological polar surface area (TPSA) is 34.9 Å². The molecule has 0 aliphatic carbocycles. The van der Waals surface area contributed by atoms with Crippen molar-refractivity contribution in [1.82, 2.24) is 9.78 Å². The summed E-state index contributed by atoms with van der Waals surface area (Å²) < 4.78 is 1.64. The van der Waals surface area contributed by atoms with Gasteiger partial charge in [0.05, 0.1) is 17.0 Å². The van der Waals surface area contributed by atoms with Gasteiger partial charge in [0.1, 0.15) is 5.69 Å². The minimum Gasteiger partial charge on any atom is -0.291 e. The van der Waals surface area contributed by atoms with E-state index in [1.54, 1.807) is 4.68 Å². The zero-order valence-electron chi connectivity index (χ0n) is 10.9. The molecular weight excluding hydrogens is 280 g/mol. The van der Waals surface area contributed by atoms with Crippen LogP contribution in [0.4, 0.5) is 0 Å². The summed E-state index contributed by atoms with van der Waals surface area (Å²) in [7, 11) is 0. The monoisotopic (exact) mass is 294 g/mol. The van der Waals surface area contributed by atoms with Crippen LogP contribution in [0, 0.1) is 6.92 Å². The zero-order chi connectivity index (χ0) is 13.8. The second-order valence-electron chi connectivity index (χ2n) is 4.13. The van der Waals surface area contributed by atoms with Crippen molar-refractivity contribution in [3.8, 4) is 0 Å². The molecule has 0 radical (unpaired) electrons. The fourth-order valence-corrected chi connectivity index (χ4v) is 2.95. The van der Waals surface area contributed by atoms with Gasteiger partial charge in [0, 0.05) is 11.4 Å². The number of ketones is 1. The second-order valence-corrected chi connectivity index (χ2v) is 5.56. The van der Waals surface area contributed by atoms with Gasteiger partial charge in [-0.25, -0.2) is 0 Å². The molecule has 2 aromatic rings. The van der Waals surface area contributed by atoms with Gasteiger partial charge in [-0.1, -0.05) is 29.8 Å². The lowest BCUT2D eigenvalue weighted by Crippen LogP contribution is -2.12. The zero-order valence-corrected chi connectivity index (χ0v) is 12.5. The normalized spacial score (nSPS) is 10.7. The highest BCUT2D eigenvalue weighted by molar-refractivity contribution is 8.00. The van der Waals surface area contributed by atoms with Crippen LogP contribution in [0.15, 0.2) is 35.4 Å². The maximum atomic E-state index is 12.2. The molecule has 2 rings (SSSR count). The lowest BCUT2D eigenvalue weighted by Gasteiger charge is -2.06. The maximum absolute atomic E-state index is 12.2. The molecular formula is C14H15ClN2OS. The van der Waals surface area contributed by atoms with Gasteiger partial charge in [0.25, 0.3) is 0 Å². The Balaban J connectivity index is 2.10. The van der Waals surface area contributed by atoms with Crippen LogP contribution in [0.25, 0.3) is 0 Å². The molecule has 1 heterocycles. The van der Waals surface area contributed by atoms with Crippen LogP contribution in [-0.2, 0) is 6.54 Å². The van der Waals surface area contributed by atoms with Crippen molar-refractivity contribution in [1.29, 1.82) is 0 Å². The second kappa shape index (κ2) is 6.26. The number of rotatable bonds is 5. The van der Waals surface area contributed by atoms with Gasteiger partial charge in [-0.3, -0.25) is 9.48 Å². The van der Waals surface area contributed by atoms with E-state index in [4.69, 9.17) is 11.6 Å². The molecule has 0 atom stereocenters. The predicted molar refractivity (Wildman–Crippen MR) is 79.1 cm³/mol. The van der Waals surface area contributed by atoms with Crippen molar-refractivity contribution in [2.24, 2.45) is 0 Å². The van der Waals surface area contributed by atoms with Crippen molar-refractivity contribution in [3.05, 3.63) is 46.7 Å².